The van der Waals surface area contributed by atoms with Crippen LogP contribution in [0.15, 0.2) is 30.3 Å². The lowest BCUT2D eigenvalue weighted by Crippen LogP contribution is -2.49. The number of rotatable bonds is 3. The van der Waals surface area contributed by atoms with Crippen LogP contribution in [0.25, 0.3) is 0 Å². The van der Waals surface area contributed by atoms with Crippen molar-refractivity contribution in [2.45, 2.75) is 39.4 Å². The van der Waals surface area contributed by atoms with Crippen LogP contribution in [-0.4, -0.2) is 48.9 Å². The monoisotopic (exact) mass is 361 g/mol. The van der Waals surface area contributed by atoms with Gasteiger partial charge in [-0.05, 0) is 38.7 Å². The predicted molar refractivity (Wildman–Crippen MR) is 95.4 cm³/mol. The third kappa shape index (κ3) is 4.01. The first kappa shape index (κ1) is 18.7. The van der Waals surface area contributed by atoms with E-state index in [0.717, 1.165) is 12.0 Å². The van der Waals surface area contributed by atoms with Gasteiger partial charge in [0.15, 0.2) is 0 Å². The molecule has 1 aromatic carbocycles. The zero-order chi connectivity index (χ0) is 18.8. The first-order valence-corrected chi connectivity index (χ1v) is 9.07. The first-order valence-electron chi connectivity index (χ1n) is 9.07. The van der Waals surface area contributed by atoms with Gasteiger partial charge in [0.1, 0.15) is 17.6 Å². The highest BCUT2D eigenvalue weighted by atomic mass is 16.6. The summed E-state index contributed by atoms with van der Waals surface area (Å²) in [7, 11) is 0. The summed E-state index contributed by atoms with van der Waals surface area (Å²) >= 11 is 0. The summed E-state index contributed by atoms with van der Waals surface area (Å²) in [6.07, 6.45) is 0.341. The van der Waals surface area contributed by atoms with Crippen molar-refractivity contribution in [1.82, 2.24) is 4.90 Å². The fraction of sp³-hybridized carbons (Fsp3) is 0.600. The number of benzene rings is 1. The van der Waals surface area contributed by atoms with E-state index in [1.54, 1.807) is 4.90 Å². The van der Waals surface area contributed by atoms with Gasteiger partial charge in [0.05, 0.1) is 6.61 Å². The molecule has 6 heteroatoms. The average molecular weight is 361 g/mol. The average Bonchev–Trinajstić information content (AvgIpc) is 3.00. The molecule has 1 aromatic rings. The van der Waals surface area contributed by atoms with E-state index in [1.807, 2.05) is 51.1 Å². The van der Waals surface area contributed by atoms with E-state index in [2.05, 4.69) is 0 Å². The molecule has 6 nitrogen and oxygen atoms in total. The maximum absolute atomic E-state index is 12.9. The molecule has 2 fully saturated rings. The molecule has 2 aliphatic heterocycles. The predicted octanol–water partition coefficient (Wildman–Crippen LogP) is 3.00. The summed E-state index contributed by atoms with van der Waals surface area (Å²) < 4.78 is 16.7. The van der Waals surface area contributed by atoms with Gasteiger partial charge in [-0.2, -0.15) is 0 Å². The molecular weight excluding hydrogens is 334 g/mol. The Balaban J connectivity index is 1.67. The van der Waals surface area contributed by atoms with Crippen LogP contribution in [0.2, 0.25) is 0 Å². The minimum absolute atomic E-state index is 0.0374. The number of hydrogen-bond donors (Lipinski definition) is 0. The van der Waals surface area contributed by atoms with E-state index in [-0.39, 0.29) is 31.6 Å². The molecule has 2 atom stereocenters. The highest BCUT2D eigenvalue weighted by molar-refractivity contribution is 5.80. The van der Waals surface area contributed by atoms with E-state index in [0.29, 0.717) is 13.2 Å². The lowest BCUT2D eigenvalue weighted by atomic mass is 9.75. The van der Waals surface area contributed by atoms with Crippen molar-refractivity contribution in [3.05, 3.63) is 35.9 Å². The lowest BCUT2D eigenvalue weighted by Gasteiger charge is -2.37. The highest BCUT2D eigenvalue weighted by Crippen LogP contribution is 2.43. The minimum Gasteiger partial charge on any atom is -0.459 e. The summed E-state index contributed by atoms with van der Waals surface area (Å²) in [6.45, 7) is 7.42. The zero-order valence-corrected chi connectivity index (χ0v) is 15.7. The normalized spacial score (nSPS) is 25.5. The number of carbonyl (C=O) groups is 2. The van der Waals surface area contributed by atoms with Gasteiger partial charge in [-0.15, -0.1) is 0 Å². The smallest absolute Gasteiger partial charge is 0.410 e. The Morgan fingerprint density at radius 1 is 1.27 bits per heavy atom. The van der Waals surface area contributed by atoms with Crippen molar-refractivity contribution in [3.8, 4) is 0 Å². The highest BCUT2D eigenvalue weighted by Gasteiger charge is 2.56. The largest absolute Gasteiger partial charge is 0.459 e. The molecule has 0 radical (unpaired) electrons. The Hall–Kier alpha value is -2.08. The molecule has 0 saturated carbocycles. The molecule has 0 aliphatic carbocycles. The third-order valence-electron chi connectivity index (χ3n) is 4.93. The summed E-state index contributed by atoms with van der Waals surface area (Å²) in [5, 5.41) is 0. The third-order valence-corrected chi connectivity index (χ3v) is 4.93. The Morgan fingerprint density at radius 3 is 2.69 bits per heavy atom. The molecular formula is C20H27NO5. The van der Waals surface area contributed by atoms with Crippen LogP contribution in [-0.2, 0) is 25.6 Å². The van der Waals surface area contributed by atoms with Crippen molar-refractivity contribution < 1.29 is 23.8 Å². The van der Waals surface area contributed by atoms with Crippen LogP contribution in [0.4, 0.5) is 4.79 Å². The van der Waals surface area contributed by atoms with E-state index < -0.39 is 17.1 Å². The standard InChI is InChI=1S/C20H27NO5/c1-19(2,3)26-17(22)20-13-21(11-16(20)9-10-24-14-20)18(23)25-12-15-7-5-4-6-8-15/h4-8,16H,9-14H2,1-3H3/t16-,20-/m0/s1. The van der Waals surface area contributed by atoms with Crippen LogP contribution in [0.3, 0.4) is 0 Å². The van der Waals surface area contributed by atoms with Gasteiger partial charge in [-0.25, -0.2) is 4.79 Å². The van der Waals surface area contributed by atoms with Crippen molar-refractivity contribution in [2.24, 2.45) is 11.3 Å². The van der Waals surface area contributed by atoms with Crippen LogP contribution in [0.1, 0.15) is 32.8 Å². The van der Waals surface area contributed by atoms with Gasteiger partial charge in [-0.3, -0.25) is 4.79 Å². The maximum Gasteiger partial charge on any atom is 0.410 e. The van der Waals surface area contributed by atoms with Gasteiger partial charge in [0.2, 0.25) is 0 Å². The second-order valence-corrected chi connectivity index (χ2v) is 8.12. The molecule has 0 aromatic heterocycles. The second kappa shape index (κ2) is 7.27. The summed E-state index contributed by atoms with van der Waals surface area (Å²) in [5.41, 5.74) is -0.436. The molecule has 0 N–H and O–H groups in total. The van der Waals surface area contributed by atoms with Gasteiger partial charge in [0.25, 0.3) is 0 Å². The van der Waals surface area contributed by atoms with Gasteiger partial charge < -0.3 is 19.1 Å². The van der Waals surface area contributed by atoms with E-state index in [9.17, 15) is 9.59 Å². The summed E-state index contributed by atoms with van der Waals surface area (Å²) in [6, 6.07) is 9.55. The molecule has 1 amide bonds. The van der Waals surface area contributed by atoms with E-state index in [4.69, 9.17) is 14.2 Å². The van der Waals surface area contributed by atoms with Crippen LogP contribution < -0.4 is 0 Å². The van der Waals surface area contributed by atoms with E-state index in [1.165, 1.54) is 0 Å². The van der Waals surface area contributed by atoms with Gasteiger partial charge >= 0.3 is 12.1 Å². The van der Waals surface area contributed by atoms with Crippen molar-refractivity contribution >= 4 is 12.1 Å². The van der Waals surface area contributed by atoms with Crippen LogP contribution in [0, 0.1) is 11.3 Å². The number of hydrogen-bond acceptors (Lipinski definition) is 5. The van der Waals surface area contributed by atoms with Gasteiger partial charge in [0, 0.05) is 19.7 Å². The molecule has 26 heavy (non-hydrogen) atoms. The molecule has 0 bridgehead atoms. The molecule has 142 valence electrons. The quantitative estimate of drug-likeness (QED) is 0.775. The first-order chi connectivity index (χ1) is 12.3. The van der Waals surface area contributed by atoms with Crippen molar-refractivity contribution in [1.29, 1.82) is 0 Å². The molecule has 0 unspecified atom stereocenters. The molecule has 3 rings (SSSR count). The molecule has 0 spiro atoms. The van der Waals surface area contributed by atoms with Crippen LogP contribution >= 0.6 is 0 Å². The lowest BCUT2D eigenvalue weighted by molar-refractivity contribution is -0.178. The Morgan fingerprint density at radius 2 is 2.00 bits per heavy atom. The minimum atomic E-state index is -0.794. The molecule has 2 aliphatic rings. The molecule has 2 heterocycles. The topological polar surface area (TPSA) is 65.1 Å². The number of nitrogens with zero attached hydrogens (tertiary/aromatic N) is 1. The molecule has 2 saturated heterocycles. The Bertz CT molecular complexity index is 654. The number of fused-ring (bicyclic) bond motifs is 1. The second-order valence-electron chi connectivity index (χ2n) is 8.12. The zero-order valence-electron chi connectivity index (χ0n) is 15.7. The number of ether oxygens (including phenoxy) is 3. The number of carbonyl (C=O) groups excluding carboxylic acids is 2. The Kier molecular flexibility index (Phi) is 5.23. The van der Waals surface area contributed by atoms with Crippen molar-refractivity contribution in [3.63, 3.8) is 0 Å². The Labute approximate surface area is 154 Å². The SMILES string of the molecule is CC(C)(C)OC(=O)[C@@]12COCC[C@H]1CN(C(=O)OCc1ccccc1)C2. The van der Waals surface area contributed by atoms with Crippen LogP contribution in [0.5, 0.6) is 0 Å². The summed E-state index contributed by atoms with van der Waals surface area (Å²) in [5.74, 6) is -0.247. The maximum atomic E-state index is 12.9. The number of esters is 1. The van der Waals surface area contributed by atoms with Crippen molar-refractivity contribution in [2.75, 3.05) is 26.3 Å². The summed E-state index contributed by atoms with van der Waals surface area (Å²) in [4.78, 5) is 27.0. The number of likely N-dealkylation sites (tertiary alicyclic amines) is 1. The van der Waals surface area contributed by atoms with Gasteiger partial charge in [-0.1, -0.05) is 30.3 Å². The number of amides is 1. The van der Waals surface area contributed by atoms with E-state index >= 15 is 0 Å². The fourth-order valence-corrected chi connectivity index (χ4v) is 3.61. The fourth-order valence-electron chi connectivity index (χ4n) is 3.61.